The van der Waals surface area contributed by atoms with Gasteiger partial charge in [0.05, 0.1) is 13.2 Å². The number of hydrogen-bond donors (Lipinski definition) is 1. The van der Waals surface area contributed by atoms with Crippen LogP contribution in [-0.2, 0) is 13.5 Å². The maximum Gasteiger partial charge on any atom is 0.212 e. The van der Waals surface area contributed by atoms with E-state index in [1.165, 1.54) is 5.56 Å². The quantitative estimate of drug-likeness (QED) is 0.840. The van der Waals surface area contributed by atoms with Gasteiger partial charge in [-0.15, -0.1) is 0 Å². The maximum absolute atomic E-state index is 5.09. The Morgan fingerprint density at radius 3 is 2.75 bits per heavy atom. The number of nitrogens with zero attached hydrogens (tertiary/aromatic N) is 3. The smallest absolute Gasteiger partial charge is 0.212 e. The summed E-state index contributed by atoms with van der Waals surface area (Å²) < 4.78 is 7.15. The average molecular weight is 274 g/mol. The highest BCUT2D eigenvalue weighted by atomic mass is 16.5. The summed E-state index contributed by atoms with van der Waals surface area (Å²) in [5, 5.41) is 3.55. The molecule has 0 saturated carbocycles. The molecule has 0 saturated heterocycles. The molecule has 2 aromatic heterocycles. The SMILES string of the molecule is CCCNC(Cc1ccc(OC)nc1)c1nccn1C. The zero-order valence-electron chi connectivity index (χ0n) is 12.3. The van der Waals surface area contributed by atoms with Crippen molar-refractivity contribution in [3.63, 3.8) is 0 Å². The predicted molar refractivity (Wildman–Crippen MR) is 78.7 cm³/mol. The topological polar surface area (TPSA) is 52.0 Å². The minimum atomic E-state index is 0.199. The van der Waals surface area contributed by atoms with Crippen LogP contribution in [0.2, 0.25) is 0 Å². The van der Waals surface area contributed by atoms with Crippen molar-refractivity contribution in [2.45, 2.75) is 25.8 Å². The molecule has 2 aromatic rings. The molecule has 0 aromatic carbocycles. The standard InChI is InChI=1S/C15H22N4O/c1-4-7-16-13(15-17-8-9-19(15)2)10-12-5-6-14(20-3)18-11-12/h5-6,8-9,11,13,16H,4,7,10H2,1-3H3. The molecular formula is C15H22N4O. The molecule has 0 aliphatic heterocycles. The summed E-state index contributed by atoms with van der Waals surface area (Å²) >= 11 is 0. The molecule has 0 radical (unpaired) electrons. The monoisotopic (exact) mass is 274 g/mol. The van der Waals surface area contributed by atoms with Gasteiger partial charge in [0.2, 0.25) is 5.88 Å². The molecule has 1 atom stereocenters. The van der Waals surface area contributed by atoms with Crippen molar-refractivity contribution in [3.8, 4) is 5.88 Å². The summed E-state index contributed by atoms with van der Waals surface area (Å²) in [4.78, 5) is 8.71. The van der Waals surface area contributed by atoms with Gasteiger partial charge in [-0.2, -0.15) is 0 Å². The normalized spacial score (nSPS) is 12.3. The lowest BCUT2D eigenvalue weighted by molar-refractivity contribution is 0.397. The van der Waals surface area contributed by atoms with E-state index in [2.05, 4.69) is 32.8 Å². The van der Waals surface area contributed by atoms with Crippen LogP contribution in [0.3, 0.4) is 0 Å². The molecule has 0 aliphatic carbocycles. The number of pyridine rings is 1. The molecule has 5 nitrogen and oxygen atoms in total. The Morgan fingerprint density at radius 2 is 2.20 bits per heavy atom. The third-order valence-electron chi connectivity index (χ3n) is 3.26. The second kappa shape index (κ2) is 7.05. The number of aryl methyl sites for hydroxylation is 1. The van der Waals surface area contributed by atoms with Gasteiger partial charge in [-0.1, -0.05) is 13.0 Å². The summed E-state index contributed by atoms with van der Waals surface area (Å²) in [7, 11) is 3.65. The van der Waals surface area contributed by atoms with Gasteiger partial charge in [-0.05, 0) is 24.9 Å². The highest BCUT2D eigenvalue weighted by Gasteiger charge is 2.16. The minimum absolute atomic E-state index is 0.199. The van der Waals surface area contributed by atoms with Crippen LogP contribution in [0.25, 0.3) is 0 Å². The van der Waals surface area contributed by atoms with Crippen molar-refractivity contribution < 1.29 is 4.74 Å². The largest absolute Gasteiger partial charge is 0.481 e. The summed E-state index contributed by atoms with van der Waals surface area (Å²) in [5.74, 6) is 1.69. The first-order valence-electron chi connectivity index (χ1n) is 6.94. The van der Waals surface area contributed by atoms with Crippen LogP contribution in [0.4, 0.5) is 0 Å². The van der Waals surface area contributed by atoms with Crippen LogP contribution in [0, 0.1) is 0 Å². The van der Waals surface area contributed by atoms with E-state index in [1.807, 2.05) is 31.7 Å². The molecule has 0 bridgehead atoms. The van der Waals surface area contributed by atoms with E-state index < -0.39 is 0 Å². The Morgan fingerprint density at radius 1 is 1.35 bits per heavy atom. The lowest BCUT2D eigenvalue weighted by Gasteiger charge is -2.18. The summed E-state index contributed by atoms with van der Waals surface area (Å²) in [6.07, 6.45) is 7.64. The lowest BCUT2D eigenvalue weighted by Crippen LogP contribution is -2.26. The van der Waals surface area contributed by atoms with Crippen molar-refractivity contribution >= 4 is 0 Å². The predicted octanol–water partition coefficient (Wildman–Crippen LogP) is 2.11. The van der Waals surface area contributed by atoms with E-state index in [-0.39, 0.29) is 6.04 Å². The number of ether oxygens (including phenoxy) is 1. The van der Waals surface area contributed by atoms with E-state index in [0.29, 0.717) is 5.88 Å². The molecule has 1 N–H and O–H groups in total. The second-order valence-corrected chi connectivity index (χ2v) is 4.82. The minimum Gasteiger partial charge on any atom is -0.481 e. The Kier molecular flexibility index (Phi) is 5.12. The van der Waals surface area contributed by atoms with Crippen LogP contribution in [0.15, 0.2) is 30.7 Å². The Labute approximate surface area is 120 Å². The number of nitrogens with one attached hydrogen (secondary N) is 1. The first kappa shape index (κ1) is 14.5. The van der Waals surface area contributed by atoms with E-state index >= 15 is 0 Å². The van der Waals surface area contributed by atoms with Crippen LogP contribution in [-0.4, -0.2) is 28.2 Å². The highest BCUT2D eigenvalue weighted by molar-refractivity contribution is 5.19. The molecule has 0 amide bonds. The van der Waals surface area contributed by atoms with Crippen LogP contribution >= 0.6 is 0 Å². The first-order chi connectivity index (χ1) is 9.74. The number of hydrogen-bond acceptors (Lipinski definition) is 4. The zero-order chi connectivity index (χ0) is 14.4. The Bertz CT molecular complexity index is 521. The van der Waals surface area contributed by atoms with E-state index in [4.69, 9.17) is 4.74 Å². The van der Waals surface area contributed by atoms with Gasteiger partial charge >= 0.3 is 0 Å². The van der Waals surface area contributed by atoms with Gasteiger partial charge in [-0.25, -0.2) is 9.97 Å². The number of aromatic nitrogens is 3. The summed E-state index contributed by atoms with van der Waals surface area (Å²) in [5.41, 5.74) is 1.17. The summed E-state index contributed by atoms with van der Waals surface area (Å²) in [6, 6.07) is 4.14. The molecule has 0 fully saturated rings. The third kappa shape index (κ3) is 3.57. The second-order valence-electron chi connectivity index (χ2n) is 4.82. The molecule has 2 rings (SSSR count). The Hall–Kier alpha value is -1.88. The molecule has 20 heavy (non-hydrogen) atoms. The van der Waals surface area contributed by atoms with E-state index in [9.17, 15) is 0 Å². The fourth-order valence-electron chi connectivity index (χ4n) is 2.17. The molecule has 108 valence electrons. The van der Waals surface area contributed by atoms with Crippen LogP contribution < -0.4 is 10.1 Å². The molecular weight excluding hydrogens is 252 g/mol. The first-order valence-corrected chi connectivity index (χ1v) is 6.94. The van der Waals surface area contributed by atoms with Gasteiger partial charge in [0.15, 0.2) is 0 Å². The van der Waals surface area contributed by atoms with Crippen LogP contribution in [0.5, 0.6) is 5.88 Å². The van der Waals surface area contributed by atoms with E-state index in [1.54, 1.807) is 7.11 Å². The van der Waals surface area contributed by atoms with Crippen molar-refractivity contribution in [2.24, 2.45) is 7.05 Å². The fourth-order valence-corrected chi connectivity index (χ4v) is 2.17. The molecule has 0 aliphatic rings. The third-order valence-corrected chi connectivity index (χ3v) is 3.26. The molecule has 5 heteroatoms. The lowest BCUT2D eigenvalue weighted by atomic mass is 10.1. The van der Waals surface area contributed by atoms with Crippen LogP contribution in [0.1, 0.15) is 30.8 Å². The van der Waals surface area contributed by atoms with Gasteiger partial charge in [-0.3, -0.25) is 0 Å². The fraction of sp³-hybridized carbons (Fsp3) is 0.467. The van der Waals surface area contributed by atoms with Gasteiger partial charge in [0.25, 0.3) is 0 Å². The molecule has 2 heterocycles. The Balaban J connectivity index is 2.12. The zero-order valence-corrected chi connectivity index (χ0v) is 12.3. The van der Waals surface area contributed by atoms with Crippen molar-refractivity contribution in [2.75, 3.05) is 13.7 Å². The number of rotatable bonds is 7. The maximum atomic E-state index is 5.09. The number of imidazole rings is 1. The van der Waals surface area contributed by atoms with Crippen molar-refractivity contribution in [1.82, 2.24) is 19.9 Å². The van der Waals surface area contributed by atoms with Gasteiger partial charge in [0.1, 0.15) is 5.82 Å². The van der Waals surface area contributed by atoms with E-state index in [0.717, 1.165) is 25.2 Å². The number of methoxy groups -OCH3 is 1. The van der Waals surface area contributed by atoms with Gasteiger partial charge in [0, 0.05) is 31.7 Å². The molecule has 1 unspecified atom stereocenters. The highest BCUT2D eigenvalue weighted by Crippen LogP contribution is 2.17. The summed E-state index contributed by atoms with van der Waals surface area (Å²) in [6.45, 7) is 3.14. The van der Waals surface area contributed by atoms with Crippen molar-refractivity contribution in [1.29, 1.82) is 0 Å². The van der Waals surface area contributed by atoms with Gasteiger partial charge < -0.3 is 14.6 Å². The molecule has 0 spiro atoms. The average Bonchev–Trinajstić information content (AvgIpc) is 2.90. The van der Waals surface area contributed by atoms with Crippen molar-refractivity contribution in [3.05, 3.63) is 42.1 Å².